The molecule has 4 nitrogen and oxygen atoms in total. The second kappa shape index (κ2) is 2.57. The fourth-order valence-corrected chi connectivity index (χ4v) is 1.89. The molecule has 0 spiro atoms. The van der Waals surface area contributed by atoms with E-state index in [1.165, 1.54) is 6.20 Å². The van der Waals surface area contributed by atoms with Crippen LogP contribution in [-0.4, -0.2) is 21.1 Å². The molecule has 3 rings (SSSR count). The van der Waals surface area contributed by atoms with Gasteiger partial charge >= 0.3 is 0 Å². The standard InChI is InChI=1S/C8H6ClFN4/c9-8-12-5-4(10)3-14-2-1-11-7(13-8)6(5)14/h3H,1-2H2,(H,11,12,13). The second-order valence-corrected chi connectivity index (χ2v) is 3.47. The Labute approximate surface area is 83.7 Å². The average Bonchev–Trinajstić information content (AvgIpc) is 2.45. The van der Waals surface area contributed by atoms with Gasteiger partial charge in [0, 0.05) is 19.3 Å². The molecule has 0 fully saturated rings. The van der Waals surface area contributed by atoms with E-state index in [1.54, 1.807) is 4.57 Å². The maximum atomic E-state index is 13.4. The summed E-state index contributed by atoms with van der Waals surface area (Å²) in [6.07, 6.45) is 1.43. The molecule has 1 aliphatic heterocycles. The highest BCUT2D eigenvalue weighted by Gasteiger charge is 2.19. The van der Waals surface area contributed by atoms with Gasteiger partial charge in [0.25, 0.3) is 0 Å². The molecule has 0 bridgehead atoms. The van der Waals surface area contributed by atoms with Crippen LogP contribution in [0.3, 0.4) is 0 Å². The molecule has 0 saturated carbocycles. The summed E-state index contributed by atoms with van der Waals surface area (Å²) in [5.74, 6) is 0.254. The van der Waals surface area contributed by atoms with Crippen molar-refractivity contribution >= 4 is 28.5 Å². The largest absolute Gasteiger partial charge is 0.366 e. The third-order valence-corrected chi connectivity index (χ3v) is 2.45. The van der Waals surface area contributed by atoms with Gasteiger partial charge in [0.15, 0.2) is 11.6 Å². The Balaban J connectivity index is 2.49. The van der Waals surface area contributed by atoms with Crippen molar-refractivity contribution in [3.05, 3.63) is 17.3 Å². The van der Waals surface area contributed by atoms with E-state index in [2.05, 4.69) is 15.3 Å². The molecule has 14 heavy (non-hydrogen) atoms. The van der Waals surface area contributed by atoms with Crippen LogP contribution in [0, 0.1) is 5.82 Å². The maximum absolute atomic E-state index is 13.4. The van der Waals surface area contributed by atoms with Crippen LogP contribution in [0.2, 0.25) is 5.28 Å². The smallest absolute Gasteiger partial charge is 0.225 e. The van der Waals surface area contributed by atoms with E-state index in [0.717, 1.165) is 13.1 Å². The minimum Gasteiger partial charge on any atom is -0.366 e. The summed E-state index contributed by atoms with van der Waals surface area (Å²) in [6.45, 7) is 1.45. The molecule has 0 aliphatic carbocycles. The molecular formula is C8H6ClFN4. The first kappa shape index (κ1) is 7.99. The van der Waals surface area contributed by atoms with E-state index in [9.17, 15) is 4.39 Å². The fraction of sp³-hybridized carbons (Fsp3) is 0.250. The number of rotatable bonds is 0. The Hall–Kier alpha value is -1.36. The van der Waals surface area contributed by atoms with Gasteiger partial charge < -0.3 is 9.88 Å². The topological polar surface area (TPSA) is 42.7 Å². The number of hydrogen-bond acceptors (Lipinski definition) is 3. The third-order valence-electron chi connectivity index (χ3n) is 2.28. The van der Waals surface area contributed by atoms with Gasteiger partial charge in [0.1, 0.15) is 11.0 Å². The highest BCUT2D eigenvalue weighted by atomic mass is 35.5. The number of nitrogens with zero attached hydrogens (tertiary/aromatic N) is 3. The van der Waals surface area contributed by atoms with Crippen molar-refractivity contribution < 1.29 is 4.39 Å². The van der Waals surface area contributed by atoms with E-state index >= 15 is 0 Å². The van der Waals surface area contributed by atoms with Crippen molar-refractivity contribution in [1.82, 2.24) is 14.5 Å². The lowest BCUT2D eigenvalue weighted by Gasteiger charge is -2.15. The van der Waals surface area contributed by atoms with Crippen molar-refractivity contribution in [1.29, 1.82) is 0 Å². The van der Waals surface area contributed by atoms with Gasteiger partial charge in [-0.05, 0) is 11.6 Å². The molecule has 0 aromatic carbocycles. The van der Waals surface area contributed by atoms with Crippen LogP contribution in [0.25, 0.3) is 11.0 Å². The Morgan fingerprint density at radius 2 is 2.36 bits per heavy atom. The van der Waals surface area contributed by atoms with Crippen LogP contribution in [0.4, 0.5) is 10.2 Å². The number of nitrogens with one attached hydrogen (secondary N) is 1. The summed E-state index contributed by atoms with van der Waals surface area (Å²) in [6, 6.07) is 0. The average molecular weight is 213 g/mol. The van der Waals surface area contributed by atoms with Gasteiger partial charge in [-0.3, -0.25) is 0 Å². The molecule has 1 N–H and O–H groups in total. The maximum Gasteiger partial charge on any atom is 0.225 e. The van der Waals surface area contributed by atoms with Crippen LogP contribution < -0.4 is 5.32 Å². The summed E-state index contributed by atoms with van der Waals surface area (Å²) in [5.41, 5.74) is 0.977. The van der Waals surface area contributed by atoms with E-state index < -0.39 is 0 Å². The predicted octanol–water partition coefficient (Wildman–Crippen LogP) is 1.65. The number of halogens is 2. The van der Waals surface area contributed by atoms with Crippen molar-refractivity contribution in [2.45, 2.75) is 6.54 Å². The normalized spacial score (nSPS) is 14.4. The Morgan fingerprint density at radius 1 is 1.50 bits per heavy atom. The summed E-state index contributed by atoms with van der Waals surface area (Å²) in [7, 11) is 0. The summed E-state index contributed by atoms with van der Waals surface area (Å²) >= 11 is 5.67. The molecule has 0 saturated heterocycles. The SMILES string of the molecule is Fc1cn2c3c(nc(Cl)nc13)NCC2. The molecule has 0 unspecified atom stereocenters. The van der Waals surface area contributed by atoms with Gasteiger partial charge in [-0.2, -0.15) is 4.98 Å². The third kappa shape index (κ3) is 0.928. The minimum absolute atomic E-state index is 0.0681. The highest BCUT2D eigenvalue weighted by Crippen LogP contribution is 2.27. The van der Waals surface area contributed by atoms with Crippen LogP contribution in [0.1, 0.15) is 0 Å². The van der Waals surface area contributed by atoms with Crippen molar-refractivity contribution in [3.8, 4) is 0 Å². The van der Waals surface area contributed by atoms with Gasteiger partial charge in [-0.25, -0.2) is 9.37 Å². The van der Waals surface area contributed by atoms with Gasteiger partial charge in [0.2, 0.25) is 5.28 Å². The highest BCUT2D eigenvalue weighted by molar-refractivity contribution is 6.28. The van der Waals surface area contributed by atoms with Gasteiger partial charge in [0.05, 0.1) is 0 Å². The number of hydrogen-bond donors (Lipinski definition) is 1. The first-order valence-electron chi connectivity index (χ1n) is 4.21. The Kier molecular flexibility index (Phi) is 1.47. The van der Waals surface area contributed by atoms with E-state index in [1.807, 2.05) is 0 Å². The lowest BCUT2D eigenvalue weighted by Crippen LogP contribution is -2.17. The minimum atomic E-state index is -0.353. The number of anilines is 1. The van der Waals surface area contributed by atoms with Crippen molar-refractivity contribution in [3.63, 3.8) is 0 Å². The Bertz CT molecular complexity index is 522. The zero-order valence-corrected chi connectivity index (χ0v) is 7.85. The second-order valence-electron chi connectivity index (χ2n) is 3.14. The molecule has 2 aromatic rings. The van der Waals surface area contributed by atoms with Crippen LogP contribution >= 0.6 is 11.6 Å². The first-order valence-corrected chi connectivity index (χ1v) is 4.59. The zero-order valence-electron chi connectivity index (χ0n) is 7.09. The molecule has 0 atom stereocenters. The quantitative estimate of drug-likeness (QED) is 0.676. The molecular weight excluding hydrogens is 207 g/mol. The van der Waals surface area contributed by atoms with Crippen LogP contribution in [-0.2, 0) is 6.54 Å². The summed E-state index contributed by atoms with van der Waals surface area (Å²) in [4.78, 5) is 7.86. The number of aromatic nitrogens is 3. The molecule has 6 heteroatoms. The van der Waals surface area contributed by atoms with Gasteiger partial charge in [-0.1, -0.05) is 0 Å². The van der Waals surface area contributed by atoms with Crippen molar-refractivity contribution in [2.75, 3.05) is 11.9 Å². The molecule has 1 aliphatic rings. The van der Waals surface area contributed by atoms with Crippen LogP contribution in [0.5, 0.6) is 0 Å². The zero-order chi connectivity index (χ0) is 9.71. The monoisotopic (exact) mass is 212 g/mol. The van der Waals surface area contributed by atoms with E-state index in [4.69, 9.17) is 11.6 Å². The first-order chi connectivity index (χ1) is 6.75. The predicted molar refractivity (Wildman–Crippen MR) is 51.0 cm³/mol. The molecule has 0 amide bonds. The Morgan fingerprint density at radius 3 is 3.21 bits per heavy atom. The molecule has 2 aromatic heterocycles. The summed E-state index contributed by atoms with van der Waals surface area (Å²) in [5, 5.41) is 3.13. The molecule has 3 heterocycles. The molecule has 0 radical (unpaired) electrons. The lowest BCUT2D eigenvalue weighted by molar-refractivity contribution is 0.622. The van der Waals surface area contributed by atoms with Gasteiger partial charge in [-0.15, -0.1) is 0 Å². The van der Waals surface area contributed by atoms with Crippen LogP contribution in [0.15, 0.2) is 6.20 Å². The van der Waals surface area contributed by atoms with E-state index in [-0.39, 0.29) is 16.6 Å². The lowest BCUT2D eigenvalue weighted by atomic mass is 10.3. The summed E-state index contributed by atoms with van der Waals surface area (Å²) < 4.78 is 15.2. The molecule has 72 valence electrons. The fourth-order valence-electron chi connectivity index (χ4n) is 1.72. The van der Waals surface area contributed by atoms with Crippen molar-refractivity contribution in [2.24, 2.45) is 0 Å². The van der Waals surface area contributed by atoms with E-state index in [0.29, 0.717) is 11.3 Å².